The maximum absolute atomic E-state index is 10.8. The molecule has 1 aromatic heterocycles. The predicted molar refractivity (Wildman–Crippen MR) is 115 cm³/mol. The van der Waals surface area contributed by atoms with Crippen molar-refractivity contribution in [2.75, 3.05) is 5.32 Å². The quantitative estimate of drug-likeness (QED) is 0.484. The first kappa shape index (κ1) is 19.0. The number of rotatable bonds is 6. The minimum atomic E-state index is 0.535. The third-order valence-electron chi connectivity index (χ3n) is 4.28. The predicted octanol–water partition coefficient (Wildman–Crippen LogP) is 4.73. The van der Waals surface area contributed by atoms with E-state index in [1.165, 1.54) is 0 Å². The van der Waals surface area contributed by atoms with Crippen LogP contribution in [0.4, 0.5) is 11.5 Å². The van der Waals surface area contributed by atoms with Crippen LogP contribution in [0, 0.1) is 6.92 Å². The third-order valence-corrected chi connectivity index (χ3v) is 4.28. The number of nitrogens with one attached hydrogen (secondary N) is 1. The van der Waals surface area contributed by atoms with Crippen LogP contribution in [0.1, 0.15) is 23.6 Å². The van der Waals surface area contributed by atoms with E-state index < -0.39 is 0 Å². The van der Waals surface area contributed by atoms with Crippen molar-refractivity contribution in [1.29, 1.82) is 0 Å². The fourth-order valence-corrected chi connectivity index (χ4v) is 2.74. The highest BCUT2D eigenvalue weighted by Gasteiger charge is 2.06. The van der Waals surface area contributed by atoms with E-state index in [4.69, 9.17) is 5.73 Å². The van der Waals surface area contributed by atoms with Gasteiger partial charge in [0.25, 0.3) is 0 Å². The Balaban J connectivity index is 1.84. The summed E-state index contributed by atoms with van der Waals surface area (Å²) in [7, 11) is 0. The molecule has 3 aromatic rings. The van der Waals surface area contributed by atoms with Crippen molar-refractivity contribution in [2.45, 2.75) is 13.8 Å². The number of carbonyl (C=O) groups excluding carboxylic acids is 1. The molecule has 5 nitrogen and oxygen atoms in total. The number of hydrogen-bond donors (Lipinski definition) is 2. The van der Waals surface area contributed by atoms with Gasteiger partial charge in [0.2, 0.25) is 0 Å². The lowest BCUT2D eigenvalue weighted by Crippen LogP contribution is -1.98. The van der Waals surface area contributed by atoms with Gasteiger partial charge in [-0.15, -0.1) is 0 Å². The fraction of sp³-hybridized carbons (Fsp3) is 0.0870. The van der Waals surface area contributed by atoms with Crippen LogP contribution in [0.15, 0.2) is 66.9 Å². The van der Waals surface area contributed by atoms with Crippen molar-refractivity contribution < 1.29 is 4.79 Å². The lowest BCUT2D eigenvalue weighted by Gasteiger charge is -2.09. The van der Waals surface area contributed by atoms with Gasteiger partial charge in [0, 0.05) is 23.1 Å². The number of nitrogens with two attached hydrogens (primary N) is 1. The van der Waals surface area contributed by atoms with E-state index in [0.717, 1.165) is 34.2 Å². The summed E-state index contributed by atoms with van der Waals surface area (Å²) in [6, 6.07) is 15.4. The van der Waals surface area contributed by atoms with Crippen molar-refractivity contribution >= 4 is 29.6 Å². The molecule has 5 heteroatoms. The smallest absolute Gasteiger partial charge is 0.161 e. The molecule has 3 rings (SSSR count). The standard InChI is InChI=1S/C23H22N4O/c1-15(14-28)12-19-4-5-20(13-16(19)2)23-25-11-10-22(27-23)26-21-8-6-18(7-9-21)17(3)24/h4-14H,3,24H2,1-2H3,(H,25,26,27)/b15-12+. The summed E-state index contributed by atoms with van der Waals surface area (Å²) in [5, 5.41) is 3.27. The number of nitrogens with zero attached hydrogens (tertiary/aromatic N) is 2. The van der Waals surface area contributed by atoms with Gasteiger partial charge in [0.15, 0.2) is 5.82 Å². The van der Waals surface area contributed by atoms with Crippen LogP contribution in [0.5, 0.6) is 0 Å². The van der Waals surface area contributed by atoms with Crippen molar-refractivity contribution in [2.24, 2.45) is 5.73 Å². The highest BCUT2D eigenvalue weighted by atomic mass is 16.1. The normalized spacial score (nSPS) is 11.1. The van der Waals surface area contributed by atoms with Gasteiger partial charge in [-0.1, -0.05) is 30.8 Å². The van der Waals surface area contributed by atoms with E-state index in [1.807, 2.05) is 61.5 Å². The lowest BCUT2D eigenvalue weighted by atomic mass is 10.0. The van der Waals surface area contributed by atoms with Crippen molar-refractivity contribution in [1.82, 2.24) is 9.97 Å². The van der Waals surface area contributed by atoms with Crippen molar-refractivity contribution in [3.05, 3.63) is 83.6 Å². The zero-order valence-corrected chi connectivity index (χ0v) is 15.9. The highest BCUT2D eigenvalue weighted by Crippen LogP contribution is 2.23. The van der Waals surface area contributed by atoms with E-state index in [0.29, 0.717) is 22.9 Å². The first-order chi connectivity index (χ1) is 13.5. The van der Waals surface area contributed by atoms with Crippen LogP contribution in [0.3, 0.4) is 0 Å². The van der Waals surface area contributed by atoms with Gasteiger partial charge in [-0.05, 0) is 66.5 Å². The van der Waals surface area contributed by atoms with E-state index >= 15 is 0 Å². The Kier molecular flexibility index (Phi) is 5.65. The van der Waals surface area contributed by atoms with E-state index in [2.05, 4.69) is 21.9 Å². The number of carbonyl (C=O) groups is 1. The molecular weight excluding hydrogens is 348 g/mol. The molecule has 0 amide bonds. The molecule has 0 spiro atoms. The monoisotopic (exact) mass is 370 g/mol. The van der Waals surface area contributed by atoms with E-state index in [-0.39, 0.29) is 0 Å². The Morgan fingerprint density at radius 3 is 2.54 bits per heavy atom. The van der Waals surface area contributed by atoms with Crippen LogP contribution in [0.25, 0.3) is 23.2 Å². The molecule has 140 valence electrons. The second-order valence-electron chi connectivity index (χ2n) is 6.57. The fourth-order valence-electron chi connectivity index (χ4n) is 2.74. The summed E-state index contributed by atoms with van der Waals surface area (Å²) in [6.07, 6.45) is 4.44. The zero-order valence-electron chi connectivity index (χ0n) is 15.9. The Morgan fingerprint density at radius 1 is 1.14 bits per heavy atom. The summed E-state index contributed by atoms with van der Waals surface area (Å²) in [4.78, 5) is 19.8. The molecule has 0 bridgehead atoms. The van der Waals surface area contributed by atoms with Gasteiger partial charge in [-0.2, -0.15) is 0 Å². The molecule has 0 aliphatic rings. The van der Waals surface area contributed by atoms with Crippen molar-refractivity contribution in [3.63, 3.8) is 0 Å². The van der Waals surface area contributed by atoms with Crippen LogP contribution in [-0.2, 0) is 4.79 Å². The maximum atomic E-state index is 10.8. The number of allylic oxidation sites excluding steroid dienone is 1. The van der Waals surface area contributed by atoms with Gasteiger partial charge >= 0.3 is 0 Å². The van der Waals surface area contributed by atoms with Gasteiger partial charge in [-0.25, -0.2) is 9.97 Å². The molecule has 0 saturated carbocycles. The van der Waals surface area contributed by atoms with Crippen LogP contribution in [0.2, 0.25) is 0 Å². The topological polar surface area (TPSA) is 80.9 Å². The molecule has 0 saturated heterocycles. The maximum Gasteiger partial charge on any atom is 0.161 e. The Labute approximate surface area is 164 Å². The molecule has 2 aromatic carbocycles. The zero-order chi connectivity index (χ0) is 20.1. The summed E-state index contributed by atoms with van der Waals surface area (Å²) < 4.78 is 0. The Hall–Kier alpha value is -3.73. The van der Waals surface area contributed by atoms with Gasteiger partial charge in [0.05, 0.1) is 0 Å². The second-order valence-corrected chi connectivity index (χ2v) is 6.57. The van der Waals surface area contributed by atoms with Crippen LogP contribution < -0.4 is 11.1 Å². The van der Waals surface area contributed by atoms with E-state index in [9.17, 15) is 4.79 Å². The average molecular weight is 370 g/mol. The second kappa shape index (κ2) is 8.31. The average Bonchev–Trinajstić information content (AvgIpc) is 2.70. The lowest BCUT2D eigenvalue weighted by molar-refractivity contribution is -0.104. The summed E-state index contributed by atoms with van der Waals surface area (Å²) >= 11 is 0. The first-order valence-corrected chi connectivity index (χ1v) is 8.85. The number of anilines is 2. The minimum Gasteiger partial charge on any atom is -0.399 e. The number of hydrogen-bond acceptors (Lipinski definition) is 5. The molecule has 1 heterocycles. The highest BCUT2D eigenvalue weighted by molar-refractivity contribution is 5.81. The molecular formula is C23H22N4O. The number of aldehydes is 1. The SMILES string of the molecule is C=C(N)c1ccc(Nc2ccnc(-c3ccc(/C=C(\C)C=O)c(C)c3)n2)cc1. The first-order valence-electron chi connectivity index (χ1n) is 8.85. The largest absolute Gasteiger partial charge is 0.399 e. The Morgan fingerprint density at radius 2 is 1.89 bits per heavy atom. The van der Waals surface area contributed by atoms with Gasteiger partial charge in [-0.3, -0.25) is 4.79 Å². The van der Waals surface area contributed by atoms with Crippen LogP contribution in [-0.4, -0.2) is 16.3 Å². The van der Waals surface area contributed by atoms with Gasteiger partial charge < -0.3 is 11.1 Å². The van der Waals surface area contributed by atoms with Gasteiger partial charge in [0.1, 0.15) is 12.1 Å². The molecule has 0 radical (unpaired) electrons. The Bertz CT molecular complexity index is 1050. The molecule has 28 heavy (non-hydrogen) atoms. The number of aromatic nitrogens is 2. The van der Waals surface area contributed by atoms with Crippen molar-refractivity contribution in [3.8, 4) is 11.4 Å². The van der Waals surface area contributed by atoms with Crippen LogP contribution >= 0.6 is 0 Å². The summed E-state index contributed by atoms with van der Waals surface area (Å²) in [5.74, 6) is 1.32. The molecule has 0 unspecified atom stereocenters. The number of benzene rings is 2. The molecule has 3 N–H and O–H groups in total. The molecule has 0 aliphatic carbocycles. The molecule has 0 aliphatic heterocycles. The van der Waals surface area contributed by atoms with E-state index in [1.54, 1.807) is 13.1 Å². The molecule has 0 fully saturated rings. The number of aryl methyl sites for hydroxylation is 1. The summed E-state index contributed by atoms with van der Waals surface area (Å²) in [6.45, 7) is 7.52. The minimum absolute atomic E-state index is 0.535. The molecule has 0 atom stereocenters. The third kappa shape index (κ3) is 4.51. The summed E-state index contributed by atoms with van der Waals surface area (Å²) in [5.41, 5.74) is 11.7.